The van der Waals surface area contributed by atoms with Crippen molar-refractivity contribution in [2.75, 3.05) is 42.9 Å². The van der Waals surface area contributed by atoms with E-state index in [0.29, 0.717) is 5.84 Å². The molecule has 6 rings (SSSR count). The van der Waals surface area contributed by atoms with E-state index in [-0.39, 0.29) is 0 Å². The fourth-order valence-corrected chi connectivity index (χ4v) is 5.72. The first-order valence-electron chi connectivity index (χ1n) is 11.9. The maximum Gasteiger partial charge on any atom is 0.213 e. The Balaban J connectivity index is 1.30. The molecule has 1 fully saturated rings. The molecule has 5 N–H and O–H groups in total. The minimum Gasteiger partial charge on any atom is -0.383 e. The molecule has 0 saturated carbocycles. The molecule has 1 atom stereocenters. The van der Waals surface area contributed by atoms with Crippen molar-refractivity contribution in [1.82, 2.24) is 14.9 Å². The fourth-order valence-electron chi connectivity index (χ4n) is 4.79. The van der Waals surface area contributed by atoms with Crippen molar-refractivity contribution in [2.45, 2.75) is 12.7 Å². The molecule has 1 aromatic carbocycles. The lowest BCUT2D eigenvalue weighted by atomic mass is 10.0. The lowest BCUT2D eigenvalue weighted by Gasteiger charge is -2.35. The Morgan fingerprint density at radius 1 is 1.06 bits per heavy atom. The number of benzene rings is 1. The van der Waals surface area contributed by atoms with Gasteiger partial charge in [0.05, 0.1) is 16.1 Å². The molecule has 0 amide bonds. The Labute approximate surface area is 208 Å². The number of aromatic nitrogens is 2. The predicted octanol–water partition coefficient (Wildman–Crippen LogP) is 3.40. The van der Waals surface area contributed by atoms with Gasteiger partial charge in [-0.1, -0.05) is 25.1 Å². The highest BCUT2D eigenvalue weighted by Gasteiger charge is 2.35. The van der Waals surface area contributed by atoms with Crippen LogP contribution in [0.15, 0.2) is 65.2 Å². The Kier molecular flexibility index (Phi) is 5.40. The van der Waals surface area contributed by atoms with Crippen LogP contribution in [0, 0.1) is 0 Å². The van der Waals surface area contributed by atoms with Gasteiger partial charge in [-0.2, -0.15) is 0 Å². The van der Waals surface area contributed by atoms with E-state index in [1.165, 1.54) is 0 Å². The summed E-state index contributed by atoms with van der Waals surface area (Å²) in [7, 11) is 0. The Hall–Kier alpha value is -3.53. The van der Waals surface area contributed by atoms with E-state index in [9.17, 15) is 0 Å². The zero-order valence-electron chi connectivity index (χ0n) is 19.6. The van der Waals surface area contributed by atoms with Gasteiger partial charge in [-0.05, 0) is 30.8 Å². The number of fused-ring (bicyclic) bond motifs is 2. The van der Waals surface area contributed by atoms with Crippen LogP contribution in [0.3, 0.4) is 0 Å². The van der Waals surface area contributed by atoms with Gasteiger partial charge in [0.15, 0.2) is 0 Å². The second-order valence-corrected chi connectivity index (χ2v) is 9.86. The quantitative estimate of drug-likeness (QED) is 0.407. The average Bonchev–Trinajstić information content (AvgIpc) is 3.32. The topological polar surface area (TPSA) is 109 Å². The van der Waals surface area contributed by atoms with Crippen LogP contribution in [0.5, 0.6) is 0 Å². The minimum atomic E-state index is -1.20. The number of likely N-dealkylation sites (N-methyl/N-ethyl adjacent to an activating group) is 1. The summed E-state index contributed by atoms with van der Waals surface area (Å²) in [6, 6.07) is 14.2. The second kappa shape index (κ2) is 8.60. The predicted molar refractivity (Wildman–Crippen MR) is 144 cm³/mol. The largest absolute Gasteiger partial charge is 0.383 e. The molecule has 1 unspecified atom stereocenters. The first kappa shape index (κ1) is 22.0. The van der Waals surface area contributed by atoms with E-state index < -0.39 is 5.79 Å². The molecule has 8 nitrogen and oxygen atoms in total. The summed E-state index contributed by atoms with van der Waals surface area (Å²) in [5.41, 5.74) is 17.8. The number of hydrogen-bond acceptors (Lipinski definition) is 9. The lowest BCUT2D eigenvalue weighted by molar-refractivity contribution is 0.270. The van der Waals surface area contributed by atoms with Crippen LogP contribution in [0.2, 0.25) is 0 Å². The van der Waals surface area contributed by atoms with Crippen LogP contribution in [0.25, 0.3) is 22.0 Å². The van der Waals surface area contributed by atoms with Gasteiger partial charge < -0.3 is 20.9 Å². The molecule has 3 aromatic heterocycles. The molecule has 9 heteroatoms. The van der Waals surface area contributed by atoms with E-state index in [0.717, 1.165) is 76.7 Å². The van der Waals surface area contributed by atoms with Gasteiger partial charge in [0.25, 0.3) is 0 Å². The molecule has 35 heavy (non-hydrogen) atoms. The molecule has 0 spiro atoms. The van der Waals surface area contributed by atoms with Crippen molar-refractivity contribution >= 4 is 39.6 Å². The van der Waals surface area contributed by atoms with Crippen LogP contribution < -0.4 is 21.7 Å². The average molecular weight is 485 g/mol. The van der Waals surface area contributed by atoms with Crippen molar-refractivity contribution in [3.05, 3.63) is 70.7 Å². The third-order valence-corrected chi connectivity index (χ3v) is 7.87. The molecular formula is C26H28N8S. The zero-order valence-corrected chi connectivity index (χ0v) is 20.4. The second-order valence-electron chi connectivity index (χ2n) is 8.99. The van der Waals surface area contributed by atoms with Gasteiger partial charge in [-0.25, -0.2) is 9.98 Å². The number of thiophene rings is 1. The number of nitrogens with zero attached hydrogens (tertiary/aromatic N) is 5. The maximum atomic E-state index is 6.80. The zero-order chi connectivity index (χ0) is 24.0. The van der Waals surface area contributed by atoms with Gasteiger partial charge in [0, 0.05) is 66.0 Å². The van der Waals surface area contributed by atoms with Crippen LogP contribution in [0.4, 0.5) is 11.5 Å². The molecule has 2 aliphatic heterocycles. The van der Waals surface area contributed by atoms with Crippen LogP contribution in [0.1, 0.15) is 17.4 Å². The van der Waals surface area contributed by atoms with Gasteiger partial charge in [-0.3, -0.25) is 10.7 Å². The number of para-hydroxylation sites is 1. The van der Waals surface area contributed by atoms with Gasteiger partial charge in [-0.15, -0.1) is 11.3 Å². The van der Waals surface area contributed by atoms with E-state index in [1.54, 1.807) is 17.5 Å². The molecule has 0 bridgehead atoms. The molecule has 178 valence electrons. The monoisotopic (exact) mass is 484 g/mol. The summed E-state index contributed by atoms with van der Waals surface area (Å²) >= 11 is 1.55. The summed E-state index contributed by atoms with van der Waals surface area (Å²) in [4.78, 5) is 19.6. The Bertz CT molecular complexity index is 1400. The third-order valence-electron chi connectivity index (χ3n) is 6.87. The molecule has 5 heterocycles. The summed E-state index contributed by atoms with van der Waals surface area (Å²) in [5.74, 6) is 0.176. The van der Waals surface area contributed by atoms with Crippen LogP contribution in [-0.2, 0) is 5.79 Å². The molecule has 0 radical (unpaired) electrons. The third kappa shape index (κ3) is 3.91. The first-order valence-corrected chi connectivity index (χ1v) is 12.8. The Morgan fingerprint density at radius 3 is 2.66 bits per heavy atom. The van der Waals surface area contributed by atoms with Gasteiger partial charge in [0.1, 0.15) is 11.7 Å². The number of piperazine rings is 1. The number of aliphatic imine (C=N–C) groups is 1. The van der Waals surface area contributed by atoms with E-state index in [2.05, 4.69) is 49.5 Å². The number of nitrogens with one attached hydrogen (secondary N) is 1. The number of hydrogen-bond donors (Lipinski definition) is 3. The molecule has 2 aliphatic rings. The SMILES string of the molecule is CCN1CCN(c2ccc(C3(N)N=C(N)c4scc(-c5cnc6ccccc6c5)c4N3)cn2)CC1. The highest BCUT2D eigenvalue weighted by atomic mass is 32.1. The molecule has 4 aromatic rings. The van der Waals surface area contributed by atoms with Crippen LogP contribution >= 0.6 is 11.3 Å². The highest BCUT2D eigenvalue weighted by Crippen LogP contribution is 2.42. The summed E-state index contributed by atoms with van der Waals surface area (Å²) in [6.07, 6.45) is 3.70. The van der Waals surface area contributed by atoms with Crippen molar-refractivity contribution < 1.29 is 0 Å². The maximum absolute atomic E-state index is 6.80. The van der Waals surface area contributed by atoms with Gasteiger partial charge in [0.2, 0.25) is 5.79 Å². The highest BCUT2D eigenvalue weighted by molar-refractivity contribution is 7.13. The summed E-state index contributed by atoms with van der Waals surface area (Å²) < 4.78 is 0. The fraction of sp³-hybridized carbons (Fsp3) is 0.269. The van der Waals surface area contributed by atoms with Gasteiger partial charge >= 0.3 is 0 Å². The van der Waals surface area contributed by atoms with Crippen molar-refractivity contribution in [3.8, 4) is 11.1 Å². The first-order chi connectivity index (χ1) is 17.0. The normalized spacial score (nSPS) is 20.4. The molecule has 0 aliphatic carbocycles. The number of anilines is 2. The van der Waals surface area contributed by atoms with E-state index in [4.69, 9.17) is 16.5 Å². The number of pyridine rings is 2. The number of amidine groups is 1. The minimum absolute atomic E-state index is 0.422. The van der Waals surface area contributed by atoms with E-state index >= 15 is 0 Å². The van der Waals surface area contributed by atoms with Crippen LogP contribution in [-0.4, -0.2) is 53.4 Å². The van der Waals surface area contributed by atoms with Crippen molar-refractivity contribution in [1.29, 1.82) is 0 Å². The molecule has 1 saturated heterocycles. The standard InChI is InChI=1S/C26H28N8S/c1-2-33-9-11-34(12-10-33)22-8-7-19(15-30-22)26(28)31-23-20(16-35-24(23)25(27)32-26)18-13-17-5-3-4-6-21(17)29-14-18/h3-8,13-16,31H,2,9-12,28H2,1H3,(H2,27,32). The van der Waals surface area contributed by atoms with E-state index in [1.807, 2.05) is 36.5 Å². The molecular weight excluding hydrogens is 456 g/mol. The van der Waals surface area contributed by atoms with Crippen molar-refractivity contribution in [3.63, 3.8) is 0 Å². The number of nitrogens with two attached hydrogens (primary N) is 2. The summed E-state index contributed by atoms with van der Waals surface area (Å²) in [6.45, 7) is 7.33. The lowest BCUT2D eigenvalue weighted by Crippen LogP contribution is -2.48. The van der Waals surface area contributed by atoms with Crippen molar-refractivity contribution in [2.24, 2.45) is 16.5 Å². The number of rotatable bonds is 4. The summed E-state index contributed by atoms with van der Waals surface area (Å²) in [5, 5.41) is 6.62. The Morgan fingerprint density at radius 2 is 1.89 bits per heavy atom. The smallest absolute Gasteiger partial charge is 0.213 e.